The van der Waals surface area contributed by atoms with Crippen molar-refractivity contribution in [3.8, 4) is 23.7 Å². The van der Waals surface area contributed by atoms with Gasteiger partial charge in [0.2, 0.25) is 10.0 Å². The topological polar surface area (TPSA) is 133 Å². The Morgan fingerprint density at radius 3 is 2.81 bits per heavy atom. The van der Waals surface area contributed by atoms with E-state index in [4.69, 9.17) is 4.74 Å². The van der Waals surface area contributed by atoms with E-state index in [9.17, 15) is 23.6 Å². The third kappa shape index (κ3) is 5.11. The molecular formula is C22H24N4O5S. The molecule has 0 unspecified atom stereocenters. The summed E-state index contributed by atoms with van der Waals surface area (Å²) < 4.78 is 35.4. The van der Waals surface area contributed by atoms with E-state index in [-0.39, 0.29) is 29.4 Å². The van der Waals surface area contributed by atoms with Crippen LogP contribution in [0, 0.1) is 30.1 Å². The average molecular weight is 457 g/mol. The van der Waals surface area contributed by atoms with Gasteiger partial charge in [-0.3, -0.25) is 4.79 Å². The highest BCUT2D eigenvalue weighted by atomic mass is 32.2. The zero-order chi connectivity index (χ0) is 23.7. The maximum absolute atomic E-state index is 13.0. The summed E-state index contributed by atoms with van der Waals surface area (Å²) in [6, 6.07) is 6.32. The highest BCUT2D eigenvalue weighted by Crippen LogP contribution is 2.33. The van der Waals surface area contributed by atoms with E-state index in [0.717, 1.165) is 5.56 Å². The van der Waals surface area contributed by atoms with E-state index in [0.29, 0.717) is 11.3 Å². The van der Waals surface area contributed by atoms with Crippen LogP contribution < -0.4 is 14.8 Å². The highest BCUT2D eigenvalue weighted by molar-refractivity contribution is 7.89. The molecule has 2 aromatic rings. The smallest absolute Gasteiger partial charge is 0.276 e. The Bertz CT molecular complexity index is 1270. The maximum atomic E-state index is 13.0. The van der Waals surface area contributed by atoms with Crippen LogP contribution in [-0.4, -0.2) is 42.2 Å². The van der Waals surface area contributed by atoms with Gasteiger partial charge in [-0.15, -0.1) is 0 Å². The molecule has 1 aromatic carbocycles. The third-order valence-electron chi connectivity index (χ3n) is 4.72. The molecule has 1 aliphatic heterocycles. The van der Waals surface area contributed by atoms with Crippen LogP contribution in [0.25, 0.3) is 0 Å². The molecule has 1 atom stereocenters. The Labute approximate surface area is 187 Å². The van der Waals surface area contributed by atoms with Crippen molar-refractivity contribution < 1.29 is 23.1 Å². The van der Waals surface area contributed by atoms with Gasteiger partial charge in [0, 0.05) is 25.4 Å². The number of carbonyl (C=O) groups is 1. The van der Waals surface area contributed by atoms with Crippen LogP contribution in [0.2, 0.25) is 0 Å². The number of rotatable bonds is 3. The summed E-state index contributed by atoms with van der Waals surface area (Å²) in [5.41, 5.74) is 0.444. The number of aryl methyl sites for hydroxylation is 2. The second-order valence-corrected chi connectivity index (χ2v) is 9.75. The molecule has 0 fully saturated rings. The number of amides is 1. The summed E-state index contributed by atoms with van der Waals surface area (Å²) in [5, 5.41) is 21.6. The maximum Gasteiger partial charge on any atom is 0.276 e. The Hall–Kier alpha value is -3.31. The normalized spacial score (nSPS) is 17.1. The fraction of sp³-hybridized carbons (Fsp3) is 0.364. The molecule has 0 saturated carbocycles. The van der Waals surface area contributed by atoms with Crippen molar-refractivity contribution in [2.75, 3.05) is 11.9 Å². The van der Waals surface area contributed by atoms with E-state index in [1.54, 1.807) is 32.2 Å². The van der Waals surface area contributed by atoms with Crippen LogP contribution in [0.5, 0.6) is 5.75 Å². The number of fused-ring (bicyclic) bond motifs is 1. The minimum Gasteiger partial charge on any atom is -0.488 e. The van der Waals surface area contributed by atoms with Gasteiger partial charge in [-0.2, -0.15) is 5.26 Å². The number of hydrogen-bond donors (Lipinski definition) is 3. The van der Waals surface area contributed by atoms with Crippen LogP contribution in [0.15, 0.2) is 29.3 Å². The molecule has 0 spiro atoms. The minimum absolute atomic E-state index is 0.0349. The number of sulfonamides is 1. The number of benzene rings is 1. The van der Waals surface area contributed by atoms with E-state index >= 15 is 0 Å². The van der Waals surface area contributed by atoms with Gasteiger partial charge in [-0.05, 0) is 38.5 Å². The van der Waals surface area contributed by atoms with Crippen LogP contribution >= 0.6 is 0 Å². The highest BCUT2D eigenvalue weighted by Gasteiger charge is 2.34. The lowest BCUT2D eigenvalue weighted by Crippen LogP contribution is -2.36. The van der Waals surface area contributed by atoms with Crippen molar-refractivity contribution in [3.63, 3.8) is 0 Å². The number of aromatic nitrogens is 1. The molecule has 1 amide bonds. The first kappa shape index (κ1) is 23.4. The quantitative estimate of drug-likeness (QED) is 0.602. The Morgan fingerprint density at radius 1 is 1.44 bits per heavy atom. The van der Waals surface area contributed by atoms with Crippen molar-refractivity contribution in [2.45, 2.75) is 43.7 Å². The predicted octanol–water partition coefficient (Wildman–Crippen LogP) is 1.66. The van der Waals surface area contributed by atoms with E-state index in [1.807, 2.05) is 0 Å². The summed E-state index contributed by atoms with van der Waals surface area (Å²) >= 11 is 0. The van der Waals surface area contributed by atoms with Gasteiger partial charge in [0.1, 0.15) is 17.1 Å². The van der Waals surface area contributed by atoms with Crippen molar-refractivity contribution in [3.05, 3.63) is 41.2 Å². The summed E-state index contributed by atoms with van der Waals surface area (Å²) in [7, 11) is -2.42. The third-order valence-corrected chi connectivity index (χ3v) is 6.23. The van der Waals surface area contributed by atoms with Crippen molar-refractivity contribution in [1.82, 2.24) is 9.29 Å². The Balaban J connectivity index is 1.89. The number of carbonyl (C=O) groups excluding carboxylic acids is 1. The number of nitriles is 1. The number of aliphatic hydroxyl groups is 1. The molecule has 0 bridgehead atoms. The molecule has 2 heterocycles. The van der Waals surface area contributed by atoms with Gasteiger partial charge in [-0.25, -0.2) is 13.1 Å². The van der Waals surface area contributed by atoms with Gasteiger partial charge >= 0.3 is 0 Å². The molecule has 1 aliphatic rings. The minimum atomic E-state index is -3.97. The fourth-order valence-electron chi connectivity index (χ4n) is 3.17. The molecule has 32 heavy (non-hydrogen) atoms. The van der Waals surface area contributed by atoms with Crippen LogP contribution in [0.1, 0.15) is 41.9 Å². The van der Waals surface area contributed by atoms with Crippen LogP contribution in [-0.2, 0) is 17.1 Å². The van der Waals surface area contributed by atoms with E-state index < -0.39 is 27.6 Å². The second kappa shape index (κ2) is 8.67. The van der Waals surface area contributed by atoms with Crippen molar-refractivity contribution in [1.29, 1.82) is 5.26 Å². The largest absolute Gasteiger partial charge is 0.488 e. The van der Waals surface area contributed by atoms with Gasteiger partial charge in [0.15, 0.2) is 11.4 Å². The lowest BCUT2D eigenvalue weighted by Gasteiger charge is -2.14. The zero-order valence-electron chi connectivity index (χ0n) is 18.2. The summed E-state index contributed by atoms with van der Waals surface area (Å²) in [5.74, 6) is 4.77. The van der Waals surface area contributed by atoms with E-state index in [1.165, 1.54) is 24.6 Å². The molecule has 1 aromatic heterocycles. The van der Waals surface area contributed by atoms with Crippen LogP contribution in [0.3, 0.4) is 0 Å². The SMILES string of the molecule is Cc1ccc(NC(=O)c2c3c(cn2C)S(=O)(=O)N[C@H](CC#CC(C)(C)O)CO3)cc1C#N. The molecule has 9 nitrogen and oxygen atoms in total. The van der Waals surface area contributed by atoms with Gasteiger partial charge < -0.3 is 19.7 Å². The van der Waals surface area contributed by atoms with Gasteiger partial charge in [0.05, 0.1) is 17.7 Å². The van der Waals surface area contributed by atoms with Crippen molar-refractivity contribution in [2.24, 2.45) is 7.05 Å². The number of hydrogen-bond acceptors (Lipinski definition) is 6. The molecular weight excluding hydrogens is 432 g/mol. The number of nitrogens with one attached hydrogen (secondary N) is 2. The molecule has 0 aliphatic carbocycles. The van der Waals surface area contributed by atoms with Crippen LogP contribution in [0.4, 0.5) is 5.69 Å². The Kier molecular flexibility index (Phi) is 6.33. The Morgan fingerprint density at radius 2 is 2.16 bits per heavy atom. The average Bonchev–Trinajstić information content (AvgIpc) is 2.97. The van der Waals surface area contributed by atoms with Gasteiger partial charge in [-0.1, -0.05) is 17.9 Å². The molecule has 168 valence electrons. The molecule has 3 N–H and O–H groups in total. The lowest BCUT2D eigenvalue weighted by atomic mass is 10.1. The zero-order valence-corrected chi connectivity index (χ0v) is 19.0. The van der Waals surface area contributed by atoms with Crippen molar-refractivity contribution >= 4 is 21.6 Å². The number of anilines is 1. The monoisotopic (exact) mass is 456 g/mol. The number of ether oxygens (including phenoxy) is 1. The summed E-state index contributed by atoms with van der Waals surface area (Å²) in [6.07, 6.45) is 1.44. The molecule has 10 heteroatoms. The second-order valence-electron chi connectivity index (χ2n) is 8.07. The summed E-state index contributed by atoms with van der Waals surface area (Å²) in [4.78, 5) is 12.8. The molecule has 0 radical (unpaired) electrons. The van der Waals surface area contributed by atoms with Gasteiger partial charge in [0.25, 0.3) is 5.91 Å². The standard InChI is InChI=1S/C22H24N4O5S/c1-14-7-8-16(10-15(14)11-23)24-21(27)19-20-18(12-26(19)4)32(29,30)25-17(13-31-20)6-5-9-22(2,3)28/h7-8,10,12,17,25,28H,6,13H2,1-4H3,(H,24,27)/t17-/m1/s1. The predicted molar refractivity (Wildman–Crippen MR) is 118 cm³/mol. The lowest BCUT2D eigenvalue weighted by molar-refractivity contribution is 0.101. The van der Waals surface area contributed by atoms with E-state index in [2.05, 4.69) is 27.9 Å². The first-order valence-corrected chi connectivity index (χ1v) is 11.3. The first-order chi connectivity index (χ1) is 14.9. The number of nitrogens with zero attached hydrogens (tertiary/aromatic N) is 2. The summed E-state index contributed by atoms with van der Waals surface area (Å²) in [6.45, 7) is 4.81. The molecule has 0 saturated heterocycles. The fourth-order valence-corrected chi connectivity index (χ4v) is 4.59. The first-order valence-electron chi connectivity index (χ1n) is 9.80. The molecule has 3 rings (SSSR count).